The van der Waals surface area contributed by atoms with Gasteiger partial charge in [-0.1, -0.05) is 12.1 Å². The van der Waals surface area contributed by atoms with Crippen LogP contribution in [0.1, 0.15) is 16.8 Å². The Morgan fingerprint density at radius 1 is 0.917 bits per heavy atom. The topological polar surface area (TPSA) is 104 Å². The average Bonchev–Trinajstić information content (AvgIpc) is 2.52. The smallest absolute Gasteiger partial charge is 0.382 e. The molecule has 2 aromatic heterocycles. The minimum absolute atomic E-state index is 0.0202. The molecule has 0 fully saturated rings. The molecule has 124 valence electrons. The van der Waals surface area contributed by atoms with E-state index in [1.165, 1.54) is 18.3 Å². The van der Waals surface area contributed by atoms with E-state index in [0.29, 0.717) is 29.7 Å². The molecule has 0 saturated heterocycles. The molecule has 6 nitrogen and oxygen atoms in total. The molecule has 0 unspecified atom stereocenters. The first-order valence-corrected chi connectivity index (χ1v) is 7.03. The highest BCUT2D eigenvalue weighted by atomic mass is 19.4. The van der Waals surface area contributed by atoms with Gasteiger partial charge in [0.1, 0.15) is 0 Å². The van der Waals surface area contributed by atoms with Gasteiger partial charge >= 0.3 is 6.18 Å². The Bertz CT molecular complexity index is 877. The number of anilines is 2. The van der Waals surface area contributed by atoms with Gasteiger partial charge in [0, 0.05) is 0 Å². The average molecular weight is 334 g/mol. The van der Waals surface area contributed by atoms with E-state index < -0.39 is 11.7 Å². The van der Waals surface area contributed by atoms with E-state index in [2.05, 4.69) is 19.9 Å². The first-order valence-electron chi connectivity index (χ1n) is 7.03. The molecule has 9 heteroatoms. The van der Waals surface area contributed by atoms with Crippen molar-refractivity contribution in [3.05, 3.63) is 47.3 Å². The van der Waals surface area contributed by atoms with Gasteiger partial charge in [0.25, 0.3) is 0 Å². The third-order valence-corrected chi connectivity index (χ3v) is 3.45. The van der Waals surface area contributed by atoms with Crippen molar-refractivity contribution in [1.29, 1.82) is 0 Å². The second-order valence-electron chi connectivity index (χ2n) is 5.20. The summed E-state index contributed by atoms with van der Waals surface area (Å²) in [6.07, 6.45) is -1.77. The summed E-state index contributed by atoms with van der Waals surface area (Å²) in [5.41, 5.74) is 12.6. The first-order chi connectivity index (χ1) is 11.3. The van der Waals surface area contributed by atoms with Crippen molar-refractivity contribution in [2.24, 2.45) is 0 Å². The molecular formula is C15H13F3N6. The highest BCUT2D eigenvalue weighted by molar-refractivity contribution is 5.81. The lowest BCUT2D eigenvalue weighted by Crippen LogP contribution is -2.06. The summed E-state index contributed by atoms with van der Waals surface area (Å²) in [7, 11) is 0. The zero-order valence-electron chi connectivity index (χ0n) is 12.4. The third kappa shape index (κ3) is 3.34. The van der Waals surface area contributed by atoms with Crippen LogP contribution in [0.4, 0.5) is 24.9 Å². The summed E-state index contributed by atoms with van der Waals surface area (Å²) in [6.45, 7) is 0. The van der Waals surface area contributed by atoms with E-state index in [0.717, 1.165) is 17.7 Å². The van der Waals surface area contributed by atoms with Gasteiger partial charge in [-0.05, 0) is 30.5 Å². The van der Waals surface area contributed by atoms with Crippen LogP contribution in [0.5, 0.6) is 0 Å². The minimum Gasteiger partial charge on any atom is -0.382 e. The number of fused-ring (bicyclic) bond motifs is 1. The van der Waals surface area contributed by atoms with Gasteiger partial charge in [-0.15, -0.1) is 0 Å². The molecule has 0 bridgehead atoms. The molecule has 0 saturated carbocycles. The fraction of sp³-hybridized carbons (Fsp3) is 0.200. The molecule has 0 aliphatic heterocycles. The van der Waals surface area contributed by atoms with Crippen LogP contribution >= 0.6 is 0 Å². The van der Waals surface area contributed by atoms with Crippen molar-refractivity contribution in [2.75, 3.05) is 11.5 Å². The SMILES string of the molecule is Nc1nc(N)c2nc(CCc3ccc(C(F)(F)F)cc3)cnc2n1. The molecular weight excluding hydrogens is 321 g/mol. The van der Waals surface area contributed by atoms with Crippen molar-refractivity contribution >= 4 is 22.9 Å². The van der Waals surface area contributed by atoms with Crippen LogP contribution in [0.15, 0.2) is 30.5 Å². The number of hydrogen-bond donors (Lipinski definition) is 2. The highest BCUT2D eigenvalue weighted by Gasteiger charge is 2.29. The molecule has 0 atom stereocenters. The van der Waals surface area contributed by atoms with Gasteiger partial charge in [0.15, 0.2) is 17.0 Å². The summed E-state index contributed by atoms with van der Waals surface area (Å²) in [6, 6.07) is 5.04. The predicted molar refractivity (Wildman–Crippen MR) is 82.8 cm³/mol. The Kier molecular flexibility index (Phi) is 3.92. The molecule has 0 radical (unpaired) electrons. The maximum atomic E-state index is 12.5. The van der Waals surface area contributed by atoms with Gasteiger partial charge in [0.05, 0.1) is 17.5 Å². The zero-order chi connectivity index (χ0) is 17.3. The largest absolute Gasteiger partial charge is 0.416 e. The Hall–Kier alpha value is -2.97. The van der Waals surface area contributed by atoms with Crippen LogP contribution < -0.4 is 11.5 Å². The number of aromatic nitrogens is 4. The summed E-state index contributed by atoms with van der Waals surface area (Å²) in [5.74, 6) is 0.160. The summed E-state index contributed by atoms with van der Waals surface area (Å²) in [4.78, 5) is 16.2. The van der Waals surface area contributed by atoms with Gasteiger partial charge in [-0.2, -0.15) is 23.1 Å². The van der Waals surface area contributed by atoms with Crippen LogP contribution in [-0.2, 0) is 19.0 Å². The highest BCUT2D eigenvalue weighted by Crippen LogP contribution is 2.29. The lowest BCUT2D eigenvalue weighted by atomic mass is 10.1. The lowest BCUT2D eigenvalue weighted by Gasteiger charge is -2.08. The molecule has 0 aliphatic carbocycles. The molecule has 2 heterocycles. The zero-order valence-corrected chi connectivity index (χ0v) is 12.4. The summed E-state index contributed by atoms with van der Waals surface area (Å²) < 4.78 is 37.6. The molecule has 3 rings (SSSR count). The van der Waals surface area contributed by atoms with Crippen molar-refractivity contribution in [3.63, 3.8) is 0 Å². The number of halogens is 3. The fourth-order valence-electron chi connectivity index (χ4n) is 2.24. The van der Waals surface area contributed by atoms with E-state index >= 15 is 0 Å². The number of rotatable bonds is 3. The quantitative estimate of drug-likeness (QED) is 0.762. The first kappa shape index (κ1) is 15.9. The molecule has 24 heavy (non-hydrogen) atoms. The number of nitrogen functional groups attached to an aromatic ring is 2. The van der Waals surface area contributed by atoms with E-state index in [9.17, 15) is 13.2 Å². The van der Waals surface area contributed by atoms with Crippen LogP contribution in [0.2, 0.25) is 0 Å². The normalized spacial score (nSPS) is 11.8. The molecule has 3 aromatic rings. The van der Waals surface area contributed by atoms with Gasteiger partial charge in [-0.3, -0.25) is 0 Å². The number of alkyl halides is 3. The van der Waals surface area contributed by atoms with E-state index in [4.69, 9.17) is 11.5 Å². The van der Waals surface area contributed by atoms with Crippen LogP contribution in [0.3, 0.4) is 0 Å². The number of nitrogens with two attached hydrogens (primary N) is 2. The molecule has 1 aromatic carbocycles. The molecule has 0 spiro atoms. The van der Waals surface area contributed by atoms with E-state index in [-0.39, 0.29) is 11.8 Å². The van der Waals surface area contributed by atoms with Crippen molar-refractivity contribution in [2.45, 2.75) is 19.0 Å². The Labute approximate surface area is 134 Å². The summed E-state index contributed by atoms with van der Waals surface area (Å²) in [5, 5.41) is 0. The fourth-order valence-corrected chi connectivity index (χ4v) is 2.24. The summed E-state index contributed by atoms with van der Waals surface area (Å²) >= 11 is 0. The monoisotopic (exact) mass is 334 g/mol. The second-order valence-corrected chi connectivity index (χ2v) is 5.20. The molecule has 0 aliphatic rings. The molecule has 0 amide bonds. The predicted octanol–water partition coefficient (Wildman–Crippen LogP) is 2.39. The maximum absolute atomic E-state index is 12.5. The second kappa shape index (κ2) is 5.91. The van der Waals surface area contributed by atoms with E-state index in [1.54, 1.807) is 0 Å². The molecule has 4 N–H and O–H groups in total. The van der Waals surface area contributed by atoms with Crippen molar-refractivity contribution in [1.82, 2.24) is 19.9 Å². The maximum Gasteiger partial charge on any atom is 0.416 e. The number of hydrogen-bond acceptors (Lipinski definition) is 6. The Morgan fingerprint density at radius 2 is 1.62 bits per heavy atom. The lowest BCUT2D eigenvalue weighted by molar-refractivity contribution is -0.137. The van der Waals surface area contributed by atoms with Crippen LogP contribution in [0, 0.1) is 0 Å². The van der Waals surface area contributed by atoms with Gasteiger partial charge in [-0.25, -0.2) is 9.97 Å². The number of nitrogens with zero attached hydrogens (tertiary/aromatic N) is 4. The standard InChI is InChI=1S/C15H13F3N6/c16-15(17,18)9-4-1-8(2-5-9)3-6-10-7-21-13-11(22-10)12(19)23-14(20)24-13/h1-2,4-5,7H,3,6H2,(H4,19,20,21,23,24). The van der Waals surface area contributed by atoms with Crippen molar-refractivity contribution in [3.8, 4) is 0 Å². The van der Waals surface area contributed by atoms with Crippen molar-refractivity contribution < 1.29 is 13.2 Å². The van der Waals surface area contributed by atoms with Crippen LogP contribution in [-0.4, -0.2) is 19.9 Å². The minimum atomic E-state index is -4.33. The van der Waals surface area contributed by atoms with E-state index in [1.807, 2.05) is 0 Å². The number of benzene rings is 1. The third-order valence-electron chi connectivity index (χ3n) is 3.45. The van der Waals surface area contributed by atoms with Gasteiger partial charge < -0.3 is 11.5 Å². The number of aryl methyl sites for hydroxylation is 2. The van der Waals surface area contributed by atoms with Crippen LogP contribution in [0.25, 0.3) is 11.2 Å². The van der Waals surface area contributed by atoms with Gasteiger partial charge in [0.2, 0.25) is 5.95 Å². The Balaban J connectivity index is 1.76. The Morgan fingerprint density at radius 3 is 2.29 bits per heavy atom.